The molecule has 0 fully saturated rings. The molecule has 0 rings (SSSR count). The summed E-state index contributed by atoms with van der Waals surface area (Å²) in [6.07, 6.45) is 1.19. The van der Waals surface area contributed by atoms with Gasteiger partial charge in [0.1, 0.15) is 12.4 Å². The van der Waals surface area contributed by atoms with E-state index >= 15 is 0 Å². The minimum Gasteiger partial charge on any atom is -0.493 e. The SMILES string of the molecule is C=C(C)C(=C)OCCN(CC)CCC. The smallest absolute Gasteiger partial charge is 0.114 e. The molecule has 0 amide bonds. The van der Waals surface area contributed by atoms with E-state index in [1.807, 2.05) is 6.92 Å². The molecule has 0 saturated carbocycles. The van der Waals surface area contributed by atoms with Gasteiger partial charge >= 0.3 is 0 Å². The first-order valence-electron chi connectivity index (χ1n) is 5.31. The molecule has 0 radical (unpaired) electrons. The minimum absolute atomic E-state index is 0.706. The number of rotatable bonds is 8. The predicted molar refractivity (Wildman–Crippen MR) is 62.3 cm³/mol. The molecule has 0 aromatic carbocycles. The highest BCUT2D eigenvalue weighted by molar-refractivity contribution is 5.15. The Labute approximate surface area is 88.2 Å². The van der Waals surface area contributed by atoms with Gasteiger partial charge in [0, 0.05) is 6.54 Å². The quantitative estimate of drug-likeness (QED) is 0.438. The third-order valence-electron chi connectivity index (χ3n) is 2.15. The molecule has 0 aliphatic rings. The van der Waals surface area contributed by atoms with Gasteiger partial charge in [0.2, 0.25) is 0 Å². The largest absolute Gasteiger partial charge is 0.493 e. The van der Waals surface area contributed by atoms with Gasteiger partial charge in [-0.2, -0.15) is 0 Å². The van der Waals surface area contributed by atoms with E-state index < -0.39 is 0 Å². The standard InChI is InChI=1S/C12H23NO/c1-6-8-13(7-2)9-10-14-12(5)11(3)4/h3,5-10H2,1-2,4H3. The number of likely N-dealkylation sites (N-methyl/N-ethyl adjacent to an activating group) is 1. The first-order valence-corrected chi connectivity index (χ1v) is 5.31. The van der Waals surface area contributed by atoms with Crippen LogP contribution in [0.1, 0.15) is 27.2 Å². The van der Waals surface area contributed by atoms with E-state index in [1.54, 1.807) is 0 Å². The summed E-state index contributed by atoms with van der Waals surface area (Å²) in [4.78, 5) is 2.37. The number of ether oxygens (including phenoxy) is 1. The Morgan fingerprint density at radius 3 is 2.29 bits per heavy atom. The maximum absolute atomic E-state index is 5.45. The van der Waals surface area contributed by atoms with Crippen molar-refractivity contribution in [1.82, 2.24) is 4.90 Å². The zero-order valence-corrected chi connectivity index (χ0v) is 9.81. The first kappa shape index (κ1) is 13.2. The normalized spacial score (nSPS) is 10.3. The van der Waals surface area contributed by atoms with Crippen LogP contribution in [0.5, 0.6) is 0 Å². The van der Waals surface area contributed by atoms with Crippen molar-refractivity contribution in [3.63, 3.8) is 0 Å². The topological polar surface area (TPSA) is 12.5 Å². The monoisotopic (exact) mass is 197 g/mol. The molecule has 82 valence electrons. The van der Waals surface area contributed by atoms with Crippen LogP contribution >= 0.6 is 0 Å². The summed E-state index contributed by atoms with van der Waals surface area (Å²) in [5.74, 6) is 0.706. The molecule has 0 bridgehead atoms. The fourth-order valence-corrected chi connectivity index (χ4v) is 1.17. The van der Waals surface area contributed by atoms with Crippen LogP contribution in [0.4, 0.5) is 0 Å². The lowest BCUT2D eigenvalue weighted by Gasteiger charge is -2.19. The maximum atomic E-state index is 5.45. The molecule has 0 N–H and O–H groups in total. The molecular formula is C12H23NO. The van der Waals surface area contributed by atoms with Crippen molar-refractivity contribution in [3.05, 3.63) is 24.5 Å². The average molecular weight is 197 g/mol. The highest BCUT2D eigenvalue weighted by atomic mass is 16.5. The summed E-state index contributed by atoms with van der Waals surface area (Å²) < 4.78 is 5.45. The average Bonchev–Trinajstić information content (AvgIpc) is 2.16. The fourth-order valence-electron chi connectivity index (χ4n) is 1.17. The van der Waals surface area contributed by atoms with Gasteiger partial charge in [-0.25, -0.2) is 0 Å². The van der Waals surface area contributed by atoms with Crippen molar-refractivity contribution in [2.45, 2.75) is 27.2 Å². The predicted octanol–water partition coefficient (Wildman–Crippen LogP) is 2.82. The summed E-state index contributed by atoms with van der Waals surface area (Å²) in [6, 6.07) is 0. The van der Waals surface area contributed by atoms with Gasteiger partial charge in [0.25, 0.3) is 0 Å². The van der Waals surface area contributed by atoms with Crippen LogP contribution in [0.3, 0.4) is 0 Å². The lowest BCUT2D eigenvalue weighted by atomic mass is 10.3. The molecule has 0 aliphatic carbocycles. The Morgan fingerprint density at radius 1 is 1.21 bits per heavy atom. The third kappa shape index (κ3) is 5.81. The first-order chi connectivity index (χ1) is 6.61. The molecule has 0 aliphatic heterocycles. The lowest BCUT2D eigenvalue weighted by Crippen LogP contribution is -2.28. The Morgan fingerprint density at radius 2 is 1.86 bits per heavy atom. The molecule has 0 aromatic heterocycles. The zero-order valence-electron chi connectivity index (χ0n) is 9.81. The second kappa shape index (κ2) is 7.63. The Bertz CT molecular complexity index is 187. The number of allylic oxidation sites excluding steroid dienone is 1. The van der Waals surface area contributed by atoms with Gasteiger partial charge in [-0.3, -0.25) is 0 Å². The van der Waals surface area contributed by atoms with Crippen molar-refractivity contribution in [1.29, 1.82) is 0 Å². The molecule has 0 spiro atoms. The van der Waals surface area contributed by atoms with Crippen molar-refractivity contribution in [2.75, 3.05) is 26.2 Å². The number of hydrogen-bond acceptors (Lipinski definition) is 2. The van der Waals surface area contributed by atoms with Crippen LogP contribution in [0.2, 0.25) is 0 Å². The molecule has 0 aromatic rings. The van der Waals surface area contributed by atoms with Gasteiger partial charge in [0.05, 0.1) is 0 Å². The van der Waals surface area contributed by atoms with Gasteiger partial charge < -0.3 is 9.64 Å². The lowest BCUT2D eigenvalue weighted by molar-refractivity contribution is 0.166. The van der Waals surface area contributed by atoms with E-state index in [-0.39, 0.29) is 0 Å². The highest BCUT2D eigenvalue weighted by Gasteiger charge is 2.01. The summed E-state index contributed by atoms with van der Waals surface area (Å²) in [5.41, 5.74) is 0.906. The van der Waals surface area contributed by atoms with Crippen molar-refractivity contribution in [3.8, 4) is 0 Å². The van der Waals surface area contributed by atoms with Crippen molar-refractivity contribution >= 4 is 0 Å². The van der Waals surface area contributed by atoms with Crippen molar-refractivity contribution in [2.24, 2.45) is 0 Å². The second-order valence-corrected chi connectivity index (χ2v) is 3.49. The van der Waals surface area contributed by atoms with E-state index in [4.69, 9.17) is 4.74 Å². The molecular weight excluding hydrogens is 174 g/mol. The van der Waals surface area contributed by atoms with Crippen LogP contribution in [0.15, 0.2) is 24.5 Å². The van der Waals surface area contributed by atoms with E-state index in [0.29, 0.717) is 12.4 Å². The summed E-state index contributed by atoms with van der Waals surface area (Å²) in [6.45, 7) is 17.7. The van der Waals surface area contributed by atoms with E-state index in [9.17, 15) is 0 Å². The Kier molecular flexibility index (Phi) is 7.21. The number of nitrogens with zero attached hydrogens (tertiary/aromatic N) is 1. The molecule has 0 saturated heterocycles. The van der Waals surface area contributed by atoms with Gasteiger partial charge in [0.15, 0.2) is 0 Å². The summed E-state index contributed by atoms with van der Waals surface area (Å²) in [5, 5.41) is 0. The van der Waals surface area contributed by atoms with Gasteiger partial charge in [-0.15, -0.1) is 0 Å². The van der Waals surface area contributed by atoms with Crippen LogP contribution in [-0.4, -0.2) is 31.1 Å². The van der Waals surface area contributed by atoms with Gasteiger partial charge in [-0.1, -0.05) is 27.0 Å². The molecule has 2 heteroatoms. The van der Waals surface area contributed by atoms with Crippen LogP contribution in [0, 0.1) is 0 Å². The summed E-state index contributed by atoms with van der Waals surface area (Å²) >= 11 is 0. The van der Waals surface area contributed by atoms with Crippen LogP contribution in [-0.2, 0) is 4.74 Å². The summed E-state index contributed by atoms with van der Waals surface area (Å²) in [7, 11) is 0. The highest BCUT2D eigenvalue weighted by Crippen LogP contribution is 2.04. The second-order valence-electron chi connectivity index (χ2n) is 3.49. The molecule has 0 heterocycles. The number of hydrogen-bond donors (Lipinski definition) is 0. The molecule has 14 heavy (non-hydrogen) atoms. The van der Waals surface area contributed by atoms with Crippen LogP contribution in [0.25, 0.3) is 0 Å². The fraction of sp³-hybridized carbons (Fsp3) is 0.667. The van der Waals surface area contributed by atoms with E-state index in [0.717, 1.165) is 25.2 Å². The van der Waals surface area contributed by atoms with E-state index in [1.165, 1.54) is 6.42 Å². The van der Waals surface area contributed by atoms with Crippen molar-refractivity contribution < 1.29 is 4.74 Å². The van der Waals surface area contributed by atoms with Crippen LogP contribution < -0.4 is 0 Å². The maximum Gasteiger partial charge on any atom is 0.114 e. The minimum atomic E-state index is 0.706. The van der Waals surface area contributed by atoms with Gasteiger partial charge in [-0.05, 0) is 32.0 Å². The molecule has 0 atom stereocenters. The Balaban J connectivity index is 3.60. The van der Waals surface area contributed by atoms with E-state index in [2.05, 4.69) is 31.9 Å². The zero-order chi connectivity index (χ0) is 11.0. The Hall–Kier alpha value is -0.760. The third-order valence-corrected chi connectivity index (χ3v) is 2.15. The molecule has 2 nitrogen and oxygen atoms in total. The molecule has 0 unspecified atom stereocenters.